The van der Waals surface area contributed by atoms with Crippen molar-refractivity contribution >= 4 is 39.7 Å². The third kappa shape index (κ3) is 13.6. The number of aryl methyl sites for hydroxylation is 2. The first-order valence-corrected chi connectivity index (χ1v) is 20.7. The van der Waals surface area contributed by atoms with Gasteiger partial charge in [-0.15, -0.1) is 0 Å². The highest BCUT2D eigenvalue weighted by molar-refractivity contribution is 7.89. The molecule has 326 valence electrons. The van der Waals surface area contributed by atoms with Gasteiger partial charge in [0.05, 0.1) is 30.1 Å². The van der Waals surface area contributed by atoms with Gasteiger partial charge in [-0.1, -0.05) is 6.07 Å². The quantitative estimate of drug-likeness (QED) is 0.189. The van der Waals surface area contributed by atoms with Crippen LogP contribution in [0.2, 0.25) is 0 Å². The van der Waals surface area contributed by atoms with Crippen molar-refractivity contribution in [3.8, 4) is 5.75 Å². The van der Waals surface area contributed by atoms with Crippen LogP contribution in [-0.2, 0) is 46.4 Å². The predicted molar refractivity (Wildman–Crippen MR) is 212 cm³/mol. The van der Waals surface area contributed by atoms with E-state index in [1.54, 1.807) is 66.7 Å². The van der Waals surface area contributed by atoms with E-state index in [0.29, 0.717) is 5.56 Å². The molecule has 2 aromatic carbocycles. The van der Waals surface area contributed by atoms with Gasteiger partial charge in [-0.05, 0) is 109 Å². The fourth-order valence-electron chi connectivity index (χ4n) is 6.18. The van der Waals surface area contributed by atoms with Crippen LogP contribution in [0, 0.1) is 6.92 Å². The number of carbonyl (C=O) groups is 4. The number of alkyl halides is 3. The Hall–Kier alpha value is -4.75. The molecule has 4 rings (SSSR count). The number of amides is 3. The third-order valence-electron chi connectivity index (χ3n) is 9.19. The van der Waals surface area contributed by atoms with Crippen LogP contribution in [-0.4, -0.2) is 123 Å². The Morgan fingerprint density at radius 3 is 2.22 bits per heavy atom. The van der Waals surface area contributed by atoms with Gasteiger partial charge in [0.1, 0.15) is 41.5 Å². The minimum absolute atomic E-state index is 0.0196. The number of carbonyl (C=O) groups excluding carboxylic acids is 4. The molecule has 0 unspecified atom stereocenters. The van der Waals surface area contributed by atoms with Crippen LogP contribution < -0.4 is 15.4 Å². The first-order chi connectivity index (χ1) is 27.3. The molecule has 59 heavy (non-hydrogen) atoms. The molecular formula is C40H54F3N5O10S. The highest BCUT2D eigenvalue weighted by atomic mass is 32.2. The molecule has 2 aromatic rings. The lowest BCUT2D eigenvalue weighted by molar-refractivity contribution is -0.137. The van der Waals surface area contributed by atoms with E-state index in [-0.39, 0.29) is 88.2 Å². The summed E-state index contributed by atoms with van der Waals surface area (Å²) in [6, 6.07) is 7.95. The molecule has 1 saturated heterocycles. The summed E-state index contributed by atoms with van der Waals surface area (Å²) >= 11 is 0. The van der Waals surface area contributed by atoms with Gasteiger partial charge in [-0.3, -0.25) is 14.6 Å². The molecule has 15 nitrogen and oxygen atoms in total. The Bertz CT molecular complexity index is 2020. The number of likely N-dealkylation sites (N-methyl/N-ethyl adjacent to an activating group) is 1. The van der Waals surface area contributed by atoms with E-state index >= 15 is 0 Å². The minimum atomic E-state index is -4.75. The minimum Gasteiger partial charge on any atom is -0.491 e. The number of nitrogens with one attached hydrogen (secondary N) is 2. The number of amidine groups is 1. The Morgan fingerprint density at radius 1 is 0.949 bits per heavy atom. The molecule has 1 fully saturated rings. The number of hydrogen-bond donors (Lipinski definition) is 2. The maximum atomic E-state index is 13.9. The monoisotopic (exact) mass is 853 g/mol. The fourth-order valence-corrected chi connectivity index (χ4v) is 7.65. The standard InChI is InChI=1S/C40H54F3N5O10S/c1-26-21-28(34(50)57-37(2,3)4)10-9-27(26)11-20-59(53,54)48-15-12-39(13-16-48)35(51)45-33(46-39)29-22-30(40(41,42)43)24-31(23-29)56-19-18-55-17-14-44-32(49)25-47(8)36(52)58-38(5,6)7/h9-10,21-24H,11-20,25H2,1-8H3,(H,44,49)(H,45,46,51). The van der Waals surface area contributed by atoms with Crippen LogP contribution in [0.5, 0.6) is 5.75 Å². The second kappa shape index (κ2) is 18.7. The van der Waals surface area contributed by atoms with Gasteiger partial charge >= 0.3 is 18.2 Å². The summed E-state index contributed by atoms with van der Waals surface area (Å²) in [5, 5.41) is 5.19. The van der Waals surface area contributed by atoms with Gasteiger partial charge in [-0.2, -0.15) is 13.2 Å². The lowest BCUT2D eigenvalue weighted by Crippen LogP contribution is -2.50. The predicted octanol–water partition coefficient (Wildman–Crippen LogP) is 4.63. The third-order valence-corrected chi connectivity index (χ3v) is 11.1. The van der Waals surface area contributed by atoms with E-state index < -0.39 is 62.4 Å². The van der Waals surface area contributed by atoms with Crippen molar-refractivity contribution < 1.29 is 59.7 Å². The lowest BCUT2D eigenvalue weighted by atomic mass is 9.89. The van der Waals surface area contributed by atoms with E-state index in [2.05, 4.69) is 15.6 Å². The van der Waals surface area contributed by atoms with Crippen molar-refractivity contribution in [2.24, 2.45) is 4.99 Å². The van der Waals surface area contributed by atoms with Gasteiger partial charge in [-0.25, -0.2) is 22.3 Å². The van der Waals surface area contributed by atoms with Gasteiger partial charge in [0.2, 0.25) is 15.9 Å². The zero-order valence-corrected chi connectivity index (χ0v) is 35.5. The summed E-state index contributed by atoms with van der Waals surface area (Å²) in [7, 11) is -2.34. The van der Waals surface area contributed by atoms with Gasteiger partial charge in [0, 0.05) is 32.2 Å². The van der Waals surface area contributed by atoms with Crippen molar-refractivity contribution in [3.63, 3.8) is 0 Å². The lowest BCUT2D eigenvalue weighted by Gasteiger charge is -2.34. The number of piperidine rings is 1. The van der Waals surface area contributed by atoms with Crippen LogP contribution in [0.1, 0.15) is 87.0 Å². The largest absolute Gasteiger partial charge is 0.491 e. The topological polar surface area (TPSA) is 182 Å². The number of benzene rings is 2. The van der Waals surface area contributed by atoms with E-state index in [4.69, 9.17) is 18.9 Å². The number of hydrogen-bond acceptors (Lipinski definition) is 11. The molecule has 2 aliphatic heterocycles. The number of nitrogens with zero attached hydrogens (tertiary/aromatic N) is 3. The van der Waals surface area contributed by atoms with Crippen molar-refractivity contribution in [2.45, 2.75) is 90.6 Å². The molecule has 1 spiro atoms. The Labute approximate surface area is 343 Å². The second-order valence-electron chi connectivity index (χ2n) is 16.4. The fraction of sp³-hybridized carbons (Fsp3) is 0.575. The molecular weight excluding hydrogens is 800 g/mol. The van der Waals surface area contributed by atoms with Crippen LogP contribution >= 0.6 is 0 Å². The van der Waals surface area contributed by atoms with Crippen molar-refractivity contribution in [1.82, 2.24) is 19.8 Å². The van der Waals surface area contributed by atoms with Gasteiger partial charge in [0.15, 0.2) is 0 Å². The number of ether oxygens (including phenoxy) is 4. The number of sulfonamides is 1. The molecule has 2 aliphatic rings. The number of esters is 1. The van der Waals surface area contributed by atoms with E-state index in [1.807, 2.05) is 0 Å². The zero-order chi connectivity index (χ0) is 44.0. The normalized spacial score (nSPS) is 16.0. The van der Waals surface area contributed by atoms with Crippen LogP contribution in [0.3, 0.4) is 0 Å². The summed E-state index contributed by atoms with van der Waals surface area (Å²) in [4.78, 5) is 55.6. The van der Waals surface area contributed by atoms with Crippen molar-refractivity contribution in [1.29, 1.82) is 0 Å². The first kappa shape index (κ1) is 46.9. The smallest absolute Gasteiger partial charge is 0.416 e. The number of aliphatic imine (C=N–C) groups is 1. The molecule has 0 saturated carbocycles. The highest BCUT2D eigenvalue weighted by Gasteiger charge is 2.48. The summed E-state index contributed by atoms with van der Waals surface area (Å²) in [6.07, 6.45) is -5.18. The maximum absolute atomic E-state index is 13.9. The Morgan fingerprint density at radius 2 is 1.61 bits per heavy atom. The number of rotatable bonds is 15. The molecule has 0 radical (unpaired) electrons. The van der Waals surface area contributed by atoms with E-state index in [0.717, 1.165) is 28.2 Å². The molecule has 0 aliphatic carbocycles. The van der Waals surface area contributed by atoms with Gasteiger partial charge in [0.25, 0.3) is 5.91 Å². The highest BCUT2D eigenvalue weighted by Crippen LogP contribution is 2.36. The van der Waals surface area contributed by atoms with Crippen LogP contribution in [0.4, 0.5) is 18.0 Å². The summed E-state index contributed by atoms with van der Waals surface area (Å²) < 4.78 is 91.5. The second-order valence-corrected chi connectivity index (χ2v) is 18.5. The Balaban J connectivity index is 1.30. The van der Waals surface area contributed by atoms with Crippen LogP contribution in [0.25, 0.3) is 0 Å². The molecule has 0 aromatic heterocycles. The molecule has 0 bridgehead atoms. The van der Waals surface area contributed by atoms with Crippen LogP contribution in [0.15, 0.2) is 41.4 Å². The van der Waals surface area contributed by atoms with Crippen molar-refractivity contribution in [2.75, 3.05) is 58.8 Å². The van der Waals surface area contributed by atoms with E-state index in [9.17, 15) is 40.8 Å². The molecule has 3 amide bonds. The van der Waals surface area contributed by atoms with Crippen molar-refractivity contribution in [3.05, 3.63) is 64.2 Å². The average molecular weight is 854 g/mol. The average Bonchev–Trinajstić information content (AvgIpc) is 3.43. The first-order valence-electron chi connectivity index (χ1n) is 19.1. The summed E-state index contributed by atoms with van der Waals surface area (Å²) in [5.41, 5.74) is -1.96. The molecule has 19 heteroatoms. The van der Waals surface area contributed by atoms with E-state index in [1.165, 1.54) is 17.4 Å². The molecule has 0 atom stereocenters. The maximum Gasteiger partial charge on any atom is 0.416 e. The molecule has 2 N–H and O–H groups in total. The SMILES string of the molecule is Cc1cc(C(=O)OC(C)(C)C)ccc1CCS(=O)(=O)N1CCC2(CC1)N=C(c1cc(OCCOCCNC(=O)CN(C)C(=O)OC(C)(C)C)cc(C(F)(F)F)c1)NC2=O. The summed E-state index contributed by atoms with van der Waals surface area (Å²) in [5.74, 6) is -1.91. The number of halogens is 3. The zero-order valence-electron chi connectivity index (χ0n) is 34.7. The Kier molecular flexibility index (Phi) is 14.8. The summed E-state index contributed by atoms with van der Waals surface area (Å²) in [6.45, 7) is 11.9. The molecule has 2 heterocycles. The van der Waals surface area contributed by atoms with Gasteiger partial charge < -0.3 is 34.5 Å².